The standard InChI is InChI=1S/C14H24N2O4/c1-10-3-2-4-14(15,8-10)13(19)16-5-6-20-9-11(16)7-12(17)18/h10-11H,2-9,15H2,1H3,(H,17,18). The highest BCUT2D eigenvalue weighted by Crippen LogP contribution is 2.32. The highest BCUT2D eigenvalue weighted by atomic mass is 16.5. The van der Waals surface area contributed by atoms with E-state index in [1.807, 2.05) is 0 Å². The Bertz CT molecular complexity index is 387. The van der Waals surface area contributed by atoms with Crippen molar-refractivity contribution >= 4 is 11.9 Å². The van der Waals surface area contributed by atoms with E-state index in [9.17, 15) is 9.59 Å². The molecule has 3 atom stereocenters. The van der Waals surface area contributed by atoms with Gasteiger partial charge >= 0.3 is 5.97 Å². The first-order chi connectivity index (χ1) is 9.42. The molecule has 1 saturated heterocycles. The quantitative estimate of drug-likeness (QED) is 0.791. The van der Waals surface area contributed by atoms with Crippen molar-refractivity contribution < 1.29 is 19.4 Å². The second-order valence-electron chi connectivity index (χ2n) is 6.18. The summed E-state index contributed by atoms with van der Waals surface area (Å²) in [6.45, 7) is 3.28. The van der Waals surface area contributed by atoms with Crippen molar-refractivity contribution in [2.24, 2.45) is 11.7 Å². The molecule has 0 spiro atoms. The van der Waals surface area contributed by atoms with Gasteiger partial charge in [0.25, 0.3) is 0 Å². The van der Waals surface area contributed by atoms with Crippen molar-refractivity contribution in [1.29, 1.82) is 0 Å². The van der Waals surface area contributed by atoms with Crippen LogP contribution < -0.4 is 5.73 Å². The van der Waals surface area contributed by atoms with Gasteiger partial charge in [0.15, 0.2) is 0 Å². The van der Waals surface area contributed by atoms with Crippen molar-refractivity contribution in [2.45, 2.75) is 50.6 Å². The Balaban J connectivity index is 2.10. The molecule has 114 valence electrons. The molecule has 1 saturated carbocycles. The summed E-state index contributed by atoms with van der Waals surface area (Å²) in [6.07, 6.45) is 3.35. The number of rotatable bonds is 3. The lowest BCUT2D eigenvalue weighted by molar-refractivity contribution is -0.151. The van der Waals surface area contributed by atoms with Gasteiger partial charge in [0, 0.05) is 6.54 Å². The van der Waals surface area contributed by atoms with Gasteiger partial charge in [-0.1, -0.05) is 19.8 Å². The maximum absolute atomic E-state index is 12.8. The monoisotopic (exact) mass is 284 g/mol. The molecule has 6 heteroatoms. The van der Waals surface area contributed by atoms with Crippen LogP contribution in [0.1, 0.15) is 39.0 Å². The molecule has 2 fully saturated rings. The third-order valence-electron chi connectivity index (χ3n) is 4.36. The van der Waals surface area contributed by atoms with Gasteiger partial charge in [-0.05, 0) is 18.8 Å². The number of hydrogen-bond donors (Lipinski definition) is 2. The van der Waals surface area contributed by atoms with Crippen LogP contribution in [0.15, 0.2) is 0 Å². The number of carbonyl (C=O) groups excluding carboxylic acids is 1. The zero-order chi connectivity index (χ0) is 14.8. The third-order valence-corrected chi connectivity index (χ3v) is 4.36. The van der Waals surface area contributed by atoms with E-state index in [-0.39, 0.29) is 18.9 Å². The number of morpholine rings is 1. The minimum absolute atomic E-state index is 0.0859. The van der Waals surface area contributed by atoms with Gasteiger partial charge < -0.3 is 20.5 Å². The molecule has 6 nitrogen and oxygen atoms in total. The molecule has 1 amide bonds. The Kier molecular flexibility index (Phi) is 4.65. The molecular weight excluding hydrogens is 260 g/mol. The maximum atomic E-state index is 12.8. The molecule has 2 aliphatic rings. The van der Waals surface area contributed by atoms with Crippen LogP contribution in [0.5, 0.6) is 0 Å². The maximum Gasteiger partial charge on any atom is 0.305 e. The molecule has 0 aromatic rings. The number of ether oxygens (including phenoxy) is 1. The highest BCUT2D eigenvalue weighted by molar-refractivity contribution is 5.87. The Hall–Kier alpha value is -1.14. The van der Waals surface area contributed by atoms with E-state index < -0.39 is 17.6 Å². The summed E-state index contributed by atoms with van der Waals surface area (Å²) in [5.74, 6) is -0.573. The first kappa shape index (κ1) is 15.3. The minimum Gasteiger partial charge on any atom is -0.481 e. The molecule has 0 aromatic heterocycles. The van der Waals surface area contributed by atoms with Gasteiger partial charge in [-0.3, -0.25) is 9.59 Å². The number of carbonyl (C=O) groups is 2. The number of carboxylic acid groups (broad SMARTS) is 1. The van der Waals surface area contributed by atoms with E-state index in [2.05, 4.69) is 6.92 Å². The second-order valence-corrected chi connectivity index (χ2v) is 6.18. The van der Waals surface area contributed by atoms with Gasteiger partial charge in [-0.2, -0.15) is 0 Å². The molecule has 0 bridgehead atoms. The molecular formula is C14H24N2O4. The van der Waals surface area contributed by atoms with Gasteiger partial charge in [0.05, 0.1) is 31.2 Å². The number of hydrogen-bond acceptors (Lipinski definition) is 4. The molecule has 1 heterocycles. The summed E-state index contributed by atoms with van der Waals surface area (Å²) in [7, 11) is 0. The molecule has 0 aromatic carbocycles. The average Bonchev–Trinajstić information content (AvgIpc) is 2.37. The van der Waals surface area contributed by atoms with Crippen LogP contribution in [-0.4, -0.2) is 53.2 Å². The lowest BCUT2D eigenvalue weighted by atomic mass is 9.76. The van der Waals surface area contributed by atoms with Crippen LogP contribution in [0, 0.1) is 5.92 Å². The fourth-order valence-electron chi connectivity index (χ4n) is 3.37. The summed E-state index contributed by atoms with van der Waals surface area (Å²) in [4.78, 5) is 25.3. The molecule has 1 aliphatic carbocycles. The van der Waals surface area contributed by atoms with Crippen LogP contribution in [0.2, 0.25) is 0 Å². The SMILES string of the molecule is CC1CCCC(N)(C(=O)N2CCOCC2CC(=O)O)C1. The summed E-state index contributed by atoms with van der Waals surface area (Å²) in [5, 5.41) is 8.96. The lowest BCUT2D eigenvalue weighted by Gasteiger charge is -2.43. The summed E-state index contributed by atoms with van der Waals surface area (Å²) < 4.78 is 5.31. The van der Waals surface area contributed by atoms with E-state index >= 15 is 0 Å². The number of nitrogens with zero attached hydrogens (tertiary/aromatic N) is 1. The van der Waals surface area contributed by atoms with Gasteiger partial charge in [-0.15, -0.1) is 0 Å². The molecule has 20 heavy (non-hydrogen) atoms. The Labute approximate surface area is 119 Å². The fraction of sp³-hybridized carbons (Fsp3) is 0.857. The number of carboxylic acids is 1. The van der Waals surface area contributed by atoms with Crippen molar-refractivity contribution in [1.82, 2.24) is 4.90 Å². The van der Waals surface area contributed by atoms with Crippen LogP contribution in [-0.2, 0) is 14.3 Å². The largest absolute Gasteiger partial charge is 0.481 e. The molecule has 1 aliphatic heterocycles. The van der Waals surface area contributed by atoms with Crippen molar-refractivity contribution in [2.75, 3.05) is 19.8 Å². The average molecular weight is 284 g/mol. The second kappa shape index (κ2) is 6.10. The molecule has 2 rings (SSSR count). The van der Waals surface area contributed by atoms with Crippen LogP contribution in [0.3, 0.4) is 0 Å². The molecule has 3 unspecified atom stereocenters. The zero-order valence-electron chi connectivity index (χ0n) is 12.0. The van der Waals surface area contributed by atoms with E-state index in [4.69, 9.17) is 15.6 Å². The van der Waals surface area contributed by atoms with E-state index in [0.29, 0.717) is 31.9 Å². The van der Waals surface area contributed by atoms with Crippen molar-refractivity contribution in [3.63, 3.8) is 0 Å². The summed E-state index contributed by atoms with van der Waals surface area (Å²) in [6, 6.07) is -0.397. The van der Waals surface area contributed by atoms with E-state index in [0.717, 1.165) is 12.8 Å². The van der Waals surface area contributed by atoms with Crippen LogP contribution in [0.25, 0.3) is 0 Å². The third kappa shape index (κ3) is 3.30. The lowest BCUT2D eigenvalue weighted by Crippen LogP contribution is -2.62. The Morgan fingerprint density at radius 3 is 2.90 bits per heavy atom. The van der Waals surface area contributed by atoms with E-state index in [1.165, 1.54) is 0 Å². The number of nitrogens with two attached hydrogens (primary N) is 1. The summed E-state index contributed by atoms with van der Waals surface area (Å²) >= 11 is 0. The molecule has 0 radical (unpaired) electrons. The normalized spacial score (nSPS) is 34.8. The Morgan fingerprint density at radius 2 is 2.25 bits per heavy atom. The smallest absolute Gasteiger partial charge is 0.305 e. The topological polar surface area (TPSA) is 92.9 Å². The van der Waals surface area contributed by atoms with E-state index in [1.54, 1.807) is 4.90 Å². The van der Waals surface area contributed by atoms with Gasteiger partial charge in [0.1, 0.15) is 0 Å². The summed E-state index contributed by atoms with van der Waals surface area (Å²) in [5.41, 5.74) is 5.51. The fourth-order valence-corrected chi connectivity index (χ4v) is 3.37. The zero-order valence-corrected chi connectivity index (χ0v) is 12.0. The minimum atomic E-state index is -0.915. The predicted molar refractivity (Wildman–Crippen MR) is 73.1 cm³/mol. The van der Waals surface area contributed by atoms with Crippen molar-refractivity contribution in [3.05, 3.63) is 0 Å². The van der Waals surface area contributed by atoms with Gasteiger partial charge in [-0.25, -0.2) is 0 Å². The van der Waals surface area contributed by atoms with Crippen molar-refractivity contribution in [3.8, 4) is 0 Å². The highest BCUT2D eigenvalue weighted by Gasteiger charge is 2.43. The van der Waals surface area contributed by atoms with Crippen LogP contribution in [0.4, 0.5) is 0 Å². The predicted octanol–water partition coefficient (Wildman–Crippen LogP) is 0.596. The first-order valence-corrected chi connectivity index (χ1v) is 7.32. The van der Waals surface area contributed by atoms with Crippen LogP contribution >= 0.6 is 0 Å². The Morgan fingerprint density at radius 1 is 1.50 bits per heavy atom. The number of amides is 1. The van der Waals surface area contributed by atoms with Gasteiger partial charge in [0.2, 0.25) is 5.91 Å². The number of aliphatic carboxylic acids is 1. The molecule has 3 N–H and O–H groups in total. The first-order valence-electron chi connectivity index (χ1n) is 7.32.